The fourth-order valence-electron chi connectivity index (χ4n) is 2.03. The van der Waals surface area contributed by atoms with E-state index in [1.54, 1.807) is 0 Å². The van der Waals surface area contributed by atoms with Crippen molar-refractivity contribution in [2.24, 2.45) is 5.92 Å². The van der Waals surface area contributed by atoms with E-state index in [-0.39, 0.29) is 5.56 Å². The van der Waals surface area contributed by atoms with E-state index in [0.29, 0.717) is 12.5 Å². The Morgan fingerprint density at radius 2 is 2.00 bits per heavy atom. The van der Waals surface area contributed by atoms with Crippen molar-refractivity contribution in [3.05, 3.63) is 33.2 Å². The monoisotopic (exact) mass is 236 g/mol. The molecule has 0 radical (unpaired) electrons. The summed E-state index contributed by atoms with van der Waals surface area (Å²) < 4.78 is 1.90. The predicted octanol–water partition coefficient (Wildman–Crippen LogP) is 2.23. The summed E-state index contributed by atoms with van der Waals surface area (Å²) in [6.45, 7) is 9.85. The van der Waals surface area contributed by atoms with E-state index in [2.05, 4.69) is 25.2 Å². The highest BCUT2D eigenvalue weighted by molar-refractivity contribution is 5.26. The molecule has 0 saturated carbocycles. The number of nitrogens with zero attached hydrogens (tertiary/aromatic N) is 1. The molecular weight excluding hydrogens is 212 g/mol. The average molecular weight is 236 g/mol. The van der Waals surface area contributed by atoms with Gasteiger partial charge < -0.3 is 9.88 Å². The minimum Gasteiger partial charge on any atom is -0.315 e. The van der Waals surface area contributed by atoms with Gasteiger partial charge in [0.2, 0.25) is 0 Å². The SMILES string of the molecule is CNCc1c(C)cc(C)n(CCC(C)C)c1=O. The van der Waals surface area contributed by atoms with Gasteiger partial charge in [0.25, 0.3) is 5.56 Å². The van der Waals surface area contributed by atoms with E-state index < -0.39 is 0 Å². The predicted molar refractivity (Wildman–Crippen MR) is 72.4 cm³/mol. The van der Waals surface area contributed by atoms with Gasteiger partial charge in [-0.15, -0.1) is 0 Å². The lowest BCUT2D eigenvalue weighted by Gasteiger charge is -2.15. The van der Waals surface area contributed by atoms with Crippen LogP contribution in [0.1, 0.15) is 37.1 Å². The highest BCUT2D eigenvalue weighted by Crippen LogP contribution is 2.08. The van der Waals surface area contributed by atoms with Crippen LogP contribution in [0.3, 0.4) is 0 Å². The van der Waals surface area contributed by atoms with Gasteiger partial charge in [-0.3, -0.25) is 4.79 Å². The maximum absolute atomic E-state index is 12.3. The highest BCUT2D eigenvalue weighted by atomic mass is 16.1. The molecule has 1 aromatic heterocycles. The zero-order valence-corrected chi connectivity index (χ0v) is 11.6. The molecule has 0 bridgehead atoms. The smallest absolute Gasteiger partial charge is 0.255 e. The number of aromatic nitrogens is 1. The molecule has 0 unspecified atom stereocenters. The maximum atomic E-state index is 12.3. The zero-order valence-electron chi connectivity index (χ0n) is 11.6. The van der Waals surface area contributed by atoms with Gasteiger partial charge in [0.1, 0.15) is 0 Å². The topological polar surface area (TPSA) is 34.0 Å². The summed E-state index contributed by atoms with van der Waals surface area (Å²) in [6, 6.07) is 2.11. The fourth-order valence-corrected chi connectivity index (χ4v) is 2.03. The van der Waals surface area contributed by atoms with Gasteiger partial charge in [0, 0.05) is 24.3 Å². The van der Waals surface area contributed by atoms with Crippen LogP contribution in [0.5, 0.6) is 0 Å². The first-order valence-electron chi connectivity index (χ1n) is 6.31. The molecule has 0 aliphatic carbocycles. The molecule has 17 heavy (non-hydrogen) atoms. The molecule has 0 atom stereocenters. The Bertz CT molecular complexity index is 433. The standard InChI is InChI=1S/C14H24N2O/c1-10(2)6-7-16-12(4)8-11(3)13(9-15-5)14(16)17/h8,10,15H,6-7,9H2,1-5H3. The molecule has 1 heterocycles. The molecule has 0 aliphatic rings. The normalized spacial score (nSPS) is 11.2. The van der Waals surface area contributed by atoms with Crippen molar-refractivity contribution < 1.29 is 0 Å². The van der Waals surface area contributed by atoms with E-state index in [9.17, 15) is 4.79 Å². The second kappa shape index (κ2) is 6.01. The maximum Gasteiger partial charge on any atom is 0.255 e. The first-order valence-corrected chi connectivity index (χ1v) is 6.31. The van der Waals surface area contributed by atoms with Crippen LogP contribution in [-0.2, 0) is 13.1 Å². The van der Waals surface area contributed by atoms with Crippen LogP contribution >= 0.6 is 0 Å². The van der Waals surface area contributed by atoms with Crippen LogP contribution < -0.4 is 10.9 Å². The number of pyridine rings is 1. The summed E-state index contributed by atoms with van der Waals surface area (Å²) in [5.74, 6) is 0.621. The summed E-state index contributed by atoms with van der Waals surface area (Å²) in [5.41, 5.74) is 3.20. The van der Waals surface area contributed by atoms with E-state index >= 15 is 0 Å². The molecule has 1 N–H and O–H groups in total. The van der Waals surface area contributed by atoms with Crippen molar-refractivity contribution in [2.45, 2.75) is 47.2 Å². The second-order valence-electron chi connectivity index (χ2n) is 5.12. The van der Waals surface area contributed by atoms with E-state index in [4.69, 9.17) is 0 Å². The van der Waals surface area contributed by atoms with Gasteiger partial charge in [-0.1, -0.05) is 13.8 Å². The molecule has 96 valence electrons. The molecule has 0 spiro atoms. The summed E-state index contributed by atoms with van der Waals surface area (Å²) in [5, 5.41) is 3.06. The number of hydrogen-bond acceptors (Lipinski definition) is 2. The molecular formula is C14H24N2O. The van der Waals surface area contributed by atoms with Gasteiger partial charge in [-0.25, -0.2) is 0 Å². The molecule has 0 fully saturated rings. The van der Waals surface area contributed by atoms with Crippen LogP contribution in [0.15, 0.2) is 10.9 Å². The summed E-state index contributed by atoms with van der Waals surface area (Å²) in [7, 11) is 1.87. The van der Waals surface area contributed by atoms with Gasteiger partial charge in [-0.2, -0.15) is 0 Å². The largest absolute Gasteiger partial charge is 0.315 e. The minimum absolute atomic E-state index is 0.164. The van der Waals surface area contributed by atoms with Gasteiger partial charge >= 0.3 is 0 Å². The Morgan fingerprint density at radius 3 is 2.53 bits per heavy atom. The molecule has 0 aromatic carbocycles. The van der Waals surface area contributed by atoms with Crippen molar-refractivity contribution in [3.8, 4) is 0 Å². The molecule has 3 nitrogen and oxygen atoms in total. The Balaban J connectivity index is 3.12. The van der Waals surface area contributed by atoms with Crippen molar-refractivity contribution in [3.63, 3.8) is 0 Å². The Labute approximate surface area is 104 Å². The molecule has 3 heteroatoms. The molecule has 0 amide bonds. The second-order valence-corrected chi connectivity index (χ2v) is 5.12. The van der Waals surface area contributed by atoms with Gasteiger partial charge in [0.05, 0.1) is 0 Å². The minimum atomic E-state index is 0.164. The number of nitrogens with one attached hydrogen (secondary N) is 1. The zero-order chi connectivity index (χ0) is 13.0. The number of aryl methyl sites for hydroxylation is 2. The number of hydrogen-bond donors (Lipinski definition) is 1. The lowest BCUT2D eigenvalue weighted by Crippen LogP contribution is -2.29. The van der Waals surface area contributed by atoms with Crippen LogP contribution in [0.2, 0.25) is 0 Å². The van der Waals surface area contributed by atoms with Gasteiger partial charge in [-0.05, 0) is 44.9 Å². The molecule has 1 rings (SSSR count). The quantitative estimate of drug-likeness (QED) is 0.850. The summed E-state index contributed by atoms with van der Waals surface area (Å²) in [6.07, 6.45) is 1.04. The number of rotatable bonds is 5. The lowest BCUT2D eigenvalue weighted by atomic mass is 10.1. The van der Waals surface area contributed by atoms with E-state index in [0.717, 1.165) is 29.8 Å². The molecule has 0 saturated heterocycles. The van der Waals surface area contributed by atoms with Crippen molar-refractivity contribution in [2.75, 3.05) is 7.05 Å². The van der Waals surface area contributed by atoms with Crippen LogP contribution in [0.25, 0.3) is 0 Å². The van der Waals surface area contributed by atoms with Crippen LogP contribution in [0, 0.1) is 19.8 Å². The van der Waals surface area contributed by atoms with Crippen LogP contribution in [-0.4, -0.2) is 11.6 Å². The fraction of sp³-hybridized carbons (Fsp3) is 0.643. The first kappa shape index (κ1) is 14.0. The van der Waals surface area contributed by atoms with Gasteiger partial charge in [0.15, 0.2) is 0 Å². The summed E-state index contributed by atoms with van der Waals surface area (Å²) >= 11 is 0. The first-order chi connectivity index (χ1) is 7.97. The van der Waals surface area contributed by atoms with Crippen molar-refractivity contribution >= 4 is 0 Å². The third-order valence-corrected chi connectivity index (χ3v) is 3.11. The molecule has 0 aliphatic heterocycles. The summed E-state index contributed by atoms with van der Waals surface area (Å²) in [4.78, 5) is 12.3. The van der Waals surface area contributed by atoms with Crippen LogP contribution in [0.4, 0.5) is 0 Å². The van der Waals surface area contributed by atoms with E-state index in [1.807, 2.05) is 25.5 Å². The average Bonchev–Trinajstić information content (AvgIpc) is 2.23. The van der Waals surface area contributed by atoms with Crippen molar-refractivity contribution in [1.29, 1.82) is 0 Å². The third kappa shape index (κ3) is 3.43. The Morgan fingerprint density at radius 1 is 1.35 bits per heavy atom. The lowest BCUT2D eigenvalue weighted by molar-refractivity contribution is 0.498. The van der Waals surface area contributed by atoms with E-state index in [1.165, 1.54) is 0 Å². The Hall–Kier alpha value is -1.09. The third-order valence-electron chi connectivity index (χ3n) is 3.11. The highest BCUT2D eigenvalue weighted by Gasteiger charge is 2.09. The van der Waals surface area contributed by atoms with Crippen molar-refractivity contribution in [1.82, 2.24) is 9.88 Å². The molecule has 1 aromatic rings. The Kier molecular flexibility index (Phi) is 4.94.